The minimum Gasteiger partial charge on any atom is -0.494 e. The number of aliphatic hydroxyl groups excluding tert-OH is 1. The Kier molecular flexibility index (Phi) is 10.9. The molecular weight excluding hydrogens is 322 g/mol. The molecule has 0 unspecified atom stereocenters. The maximum atomic E-state index is 9.55. The Bertz CT molecular complexity index is 470. The zero-order valence-corrected chi connectivity index (χ0v) is 17.5. The van der Waals surface area contributed by atoms with Crippen LogP contribution < -0.4 is 10.5 Å². The van der Waals surface area contributed by atoms with Gasteiger partial charge in [0.15, 0.2) is 0 Å². The van der Waals surface area contributed by atoms with E-state index in [1.54, 1.807) is 0 Å². The summed E-state index contributed by atoms with van der Waals surface area (Å²) in [5.41, 5.74) is 7.03. The molecule has 0 aliphatic carbocycles. The van der Waals surface area contributed by atoms with Crippen molar-refractivity contribution in [3.8, 4) is 5.75 Å². The summed E-state index contributed by atoms with van der Waals surface area (Å²) in [6.07, 6.45) is 9.43. The molecule has 0 aliphatic rings. The second-order valence-corrected chi connectivity index (χ2v) is 8.49. The maximum absolute atomic E-state index is 9.55. The van der Waals surface area contributed by atoms with Gasteiger partial charge in [0.25, 0.3) is 0 Å². The molecule has 0 heterocycles. The van der Waals surface area contributed by atoms with Gasteiger partial charge in [-0.05, 0) is 48.8 Å². The van der Waals surface area contributed by atoms with E-state index in [2.05, 4.69) is 39.8 Å². The van der Waals surface area contributed by atoms with E-state index < -0.39 is 5.54 Å². The molecule has 3 nitrogen and oxygen atoms in total. The van der Waals surface area contributed by atoms with Crippen molar-refractivity contribution in [1.82, 2.24) is 0 Å². The SMILES string of the molecule is CC(C)CCCCCCCOc1ccc(CC[C@@](N)(CO)C(C)C)cc1. The van der Waals surface area contributed by atoms with Crippen molar-refractivity contribution in [1.29, 1.82) is 0 Å². The van der Waals surface area contributed by atoms with Crippen molar-refractivity contribution in [3.63, 3.8) is 0 Å². The highest BCUT2D eigenvalue weighted by Crippen LogP contribution is 2.21. The van der Waals surface area contributed by atoms with Crippen molar-refractivity contribution < 1.29 is 9.84 Å². The second-order valence-electron chi connectivity index (χ2n) is 8.49. The summed E-state index contributed by atoms with van der Waals surface area (Å²) in [5, 5.41) is 9.55. The number of aliphatic hydroxyl groups is 1. The fourth-order valence-electron chi connectivity index (χ4n) is 3.05. The molecule has 0 bridgehead atoms. The van der Waals surface area contributed by atoms with Crippen LogP contribution in [0, 0.1) is 11.8 Å². The van der Waals surface area contributed by atoms with Crippen LogP contribution in [-0.4, -0.2) is 23.9 Å². The minimum absolute atomic E-state index is 0.0311. The summed E-state index contributed by atoms with van der Waals surface area (Å²) in [5.74, 6) is 2.04. The number of ether oxygens (including phenoxy) is 1. The minimum atomic E-state index is -0.496. The quantitative estimate of drug-likeness (QED) is 0.439. The lowest BCUT2D eigenvalue weighted by Crippen LogP contribution is -2.48. The lowest BCUT2D eigenvalue weighted by atomic mass is 9.83. The number of nitrogens with two attached hydrogens (primary N) is 1. The largest absolute Gasteiger partial charge is 0.494 e. The second kappa shape index (κ2) is 12.3. The number of benzene rings is 1. The highest BCUT2D eigenvalue weighted by Gasteiger charge is 2.27. The van der Waals surface area contributed by atoms with Crippen LogP contribution in [-0.2, 0) is 6.42 Å². The van der Waals surface area contributed by atoms with Gasteiger partial charge in [0.2, 0.25) is 0 Å². The van der Waals surface area contributed by atoms with Crippen molar-refractivity contribution in [2.24, 2.45) is 17.6 Å². The number of hydrogen-bond donors (Lipinski definition) is 2. The first-order valence-corrected chi connectivity index (χ1v) is 10.5. The van der Waals surface area contributed by atoms with Gasteiger partial charge < -0.3 is 15.6 Å². The number of hydrogen-bond acceptors (Lipinski definition) is 3. The number of aryl methyl sites for hydroxylation is 1. The molecule has 0 fully saturated rings. The standard InChI is InChI=1S/C23H41NO2/c1-19(2)10-8-6-5-7-9-17-26-22-13-11-21(12-14-22)15-16-23(24,18-25)20(3)4/h11-14,19-20,25H,5-10,15-18,24H2,1-4H3/t23-/m1/s1. The first kappa shape index (κ1) is 23.0. The van der Waals surface area contributed by atoms with Crippen LogP contribution in [0.1, 0.15) is 78.2 Å². The van der Waals surface area contributed by atoms with Crippen molar-refractivity contribution >= 4 is 0 Å². The van der Waals surface area contributed by atoms with Crippen LogP contribution in [0.15, 0.2) is 24.3 Å². The average molecular weight is 364 g/mol. The van der Waals surface area contributed by atoms with E-state index in [9.17, 15) is 5.11 Å². The Balaban J connectivity index is 2.20. The summed E-state index contributed by atoms with van der Waals surface area (Å²) < 4.78 is 5.85. The molecule has 1 atom stereocenters. The lowest BCUT2D eigenvalue weighted by Gasteiger charge is -2.31. The first-order chi connectivity index (χ1) is 12.4. The van der Waals surface area contributed by atoms with Gasteiger partial charge in [-0.3, -0.25) is 0 Å². The molecule has 1 rings (SSSR count). The molecule has 0 aromatic heterocycles. The van der Waals surface area contributed by atoms with Crippen molar-refractivity contribution in [2.45, 2.75) is 84.6 Å². The van der Waals surface area contributed by atoms with Crippen LogP contribution in [0.25, 0.3) is 0 Å². The van der Waals surface area contributed by atoms with Crippen LogP contribution >= 0.6 is 0 Å². The van der Waals surface area contributed by atoms with Crippen LogP contribution in [0.2, 0.25) is 0 Å². The normalized spacial score (nSPS) is 14.0. The van der Waals surface area contributed by atoms with Crippen LogP contribution in [0.3, 0.4) is 0 Å². The molecule has 0 radical (unpaired) electrons. The third-order valence-corrected chi connectivity index (χ3v) is 5.44. The summed E-state index contributed by atoms with van der Waals surface area (Å²) in [4.78, 5) is 0. The van der Waals surface area contributed by atoms with E-state index in [0.29, 0.717) is 0 Å². The van der Waals surface area contributed by atoms with Gasteiger partial charge in [-0.15, -0.1) is 0 Å². The monoisotopic (exact) mass is 363 g/mol. The molecule has 0 saturated heterocycles. The van der Waals surface area contributed by atoms with Gasteiger partial charge in [-0.1, -0.05) is 71.9 Å². The maximum Gasteiger partial charge on any atom is 0.119 e. The van der Waals surface area contributed by atoms with Gasteiger partial charge in [0.1, 0.15) is 5.75 Å². The third kappa shape index (κ3) is 9.05. The Morgan fingerprint density at radius 3 is 2.15 bits per heavy atom. The van der Waals surface area contributed by atoms with Gasteiger partial charge in [0.05, 0.1) is 13.2 Å². The van der Waals surface area contributed by atoms with E-state index in [4.69, 9.17) is 10.5 Å². The highest BCUT2D eigenvalue weighted by molar-refractivity contribution is 5.27. The zero-order valence-electron chi connectivity index (χ0n) is 17.5. The summed E-state index contributed by atoms with van der Waals surface area (Å²) in [6, 6.07) is 8.31. The predicted molar refractivity (Wildman–Crippen MR) is 112 cm³/mol. The van der Waals surface area contributed by atoms with Crippen molar-refractivity contribution in [2.75, 3.05) is 13.2 Å². The molecule has 1 aromatic rings. The van der Waals surface area contributed by atoms with Gasteiger partial charge >= 0.3 is 0 Å². The topological polar surface area (TPSA) is 55.5 Å². The van der Waals surface area contributed by atoms with Gasteiger partial charge in [-0.2, -0.15) is 0 Å². The molecule has 150 valence electrons. The molecule has 0 amide bonds. The molecular formula is C23H41NO2. The zero-order chi connectivity index (χ0) is 19.4. The number of rotatable bonds is 14. The molecule has 1 aromatic carbocycles. The third-order valence-electron chi connectivity index (χ3n) is 5.44. The average Bonchev–Trinajstić information content (AvgIpc) is 2.62. The summed E-state index contributed by atoms with van der Waals surface area (Å²) in [7, 11) is 0. The fourth-order valence-corrected chi connectivity index (χ4v) is 3.05. The van der Waals surface area contributed by atoms with E-state index in [1.165, 1.54) is 37.7 Å². The fraction of sp³-hybridized carbons (Fsp3) is 0.739. The molecule has 3 N–H and O–H groups in total. The Morgan fingerprint density at radius 1 is 0.962 bits per heavy atom. The first-order valence-electron chi connectivity index (χ1n) is 10.5. The molecule has 3 heteroatoms. The van der Waals surface area contributed by atoms with E-state index in [-0.39, 0.29) is 12.5 Å². The van der Waals surface area contributed by atoms with Crippen LogP contribution in [0.5, 0.6) is 5.75 Å². The summed E-state index contributed by atoms with van der Waals surface area (Å²) >= 11 is 0. The van der Waals surface area contributed by atoms with Gasteiger partial charge in [-0.25, -0.2) is 0 Å². The predicted octanol–water partition coefficient (Wildman–Crippen LogP) is 5.34. The smallest absolute Gasteiger partial charge is 0.119 e. The molecule has 0 aliphatic heterocycles. The molecule has 0 saturated carbocycles. The lowest BCUT2D eigenvalue weighted by molar-refractivity contribution is 0.146. The van der Waals surface area contributed by atoms with E-state index >= 15 is 0 Å². The van der Waals surface area contributed by atoms with E-state index in [1.807, 2.05) is 12.1 Å². The highest BCUT2D eigenvalue weighted by atomic mass is 16.5. The Labute approximate surface area is 161 Å². The number of unbranched alkanes of at least 4 members (excludes halogenated alkanes) is 4. The van der Waals surface area contributed by atoms with Crippen molar-refractivity contribution in [3.05, 3.63) is 29.8 Å². The summed E-state index contributed by atoms with van der Waals surface area (Å²) in [6.45, 7) is 9.55. The molecule has 26 heavy (non-hydrogen) atoms. The molecule has 0 spiro atoms. The Hall–Kier alpha value is -1.06. The van der Waals surface area contributed by atoms with E-state index in [0.717, 1.165) is 37.5 Å². The van der Waals surface area contributed by atoms with Gasteiger partial charge in [0, 0.05) is 5.54 Å². The van der Waals surface area contributed by atoms with Crippen LogP contribution in [0.4, 0.5) is 0 Å². The Morgan fingerprint density at radius 2 is 1.58 bits per heavy atom.